The summed E-state index contributed by atoms with van der Waals surface area (Å²) in [7, 11) is 0. The number of ether oxygens (including phenoxy) is 3. The summed E-state index contributed by atoms with van der Waals surface area (Å²) in [4.78, 5) is 0. The van der Waals surface area contributed by atoms with Crippen molar-refractivity contribution in [1.29, 1.82) is 0 Å². The fourth-order valence-corrected chi connectivity index (χ4v) is 1.91. The molecule has 0 amide bonds. The van der Waals surface area contributed by atoms with Crippen LogP contribution in [0.3, 0.4) is 0 Å². The topological polar surface area (TPSA) is 27.7 Å². The highest BCUT2D eigenvalue weighted by molar-refractivity contribution is 4.99. The molecule has 0 aromatic carbocycles. The van der Waals surface area contributed by atoms with Crippen molar-refractivity contribution >= 4 is 0 Å². The average Bonchev–Trinajstić information content (AvgIpc) is 2.25. The SMILES string of the molecule is CC1(C)OC2(OCCCC2F)OC1(C)C. The van der Waals surface area contributed by atoms with Gasteiger partial charge in [0.2, 0.25) is 0 Å². The predicted octanol–water partition coefficient (Wildman–Crippen LogP) is 2.39. The Morgan fingerprint density at radius 2 is 1.60 bits per heavy atom. The van der Waals surface area contributed by atoms with Crippen molar-refractivity contribution in [3.63, 3.8) is 0 Å². The van der Waals surface area contributed by atoms with Gasteiger partial charge in [0.25, 0.3) is 0 Å². The van der Waals surface area contributed by atoms with Crippen LogP contribution in [-0.2, 0) is 14.2 Å². The fraction of sp³-hybridized carbons (Fsp3) is 1.00. The van der Waals surface area contributed by atoms with Gasteiger partial charge < -0.3 is 14.2 Å². The van der Waals surface area contributed by atoms with Gasteiger partial charge in [0.05, 0.1) is 17.8 Å². The molecule has 0 aromatic heterocycles. The third kappa shape index (κ3) is 1.59. The van der Waals surface area contributed by atoms with Crippen molar-refractivity contribution in [2.75, 3.05) is 6.61 Å². The molecule has 3 nitrogen and oxygen atoms in total. The van der Waals surface area contributed by atoms with Crippen LogP contribution < -0.4 is 0 Å². The van der Waals surface area contributed by atoms with Gasteiger partial charge in [-0.1, -0.05) is 0 Å². The average molecular weight is 218 g/mol. The smallest absolute Gasteiger partial charge is 0.317 e. The van der Waals surface area contributed by atoms with Gasteiger partial charge in [-0.2, -0.15) is 0 Å². The number of halogens is 1. The molecule has 2 saturated heterocycles. The van der Waals surface area contributed by atoms with Gasteiger partial charge in [0.1, 0.15) is 0 Å². The van der Waals surface area contributed by atoms with Crippen LogP contribution in [0.15, 0.2) is 0 Å². The van der Waals surface area contributed by atoms with Crippen LogP contribution in [-0.4, -0.2) is 30.0 Å². The van der Waals surface area contributed by atoms with E-state index in [2.05, 4.69) is 0 Å². The monoisotopic (exact) mass is 218 g/mol. The van der Waals surface area contributed by atoms with Crippen molar-refractivity contribution in [3.05, 3.63) is 0 Å². The lowest BCUT2D eigenvalue weighted by Crippen LogP contribution is -2.48. The lowest BCUT2D eigenvalue weighted by Gasteiger charge is -2.35. The third-order valence-electron chi connectivity index (χ3n) is 3.53. The lowest BCUT2D eigenvalue weighted by atomic mass is 9.90. The Bertz CT molecular complexity index is 247. The number of hydrogen-bond donors (Lipinski definition) is 0. The molecule has 1 spiro atoms. The maximum Gasteiger partial charge on any atom is 0.317 e. The van der Waals surface area contributed by atoms with E-state index in [9.17, 15) is 4.39 Å². The molecule has 1 atom stereocenters. The van der Waals surface area contributed by atoms with E-state index >= 15 is 0 Å². The number of rotatable bonds is 0. The molecule has 2 aliphatic heterocycles. The Labute approximate surface area is 89.9 Å². The molecule has 0 aromatic rings. The zero-order valence-electron chi connectivity index (χ0n) is 9.80. The highest BCUT2D eigenvalue weighted by Crippen LogP contribution is 2.48. The molecule has 0 N–H and O–H groups in total. The lowest BCUT2D eigenvalue weighted by molar-refractivity contribution is -0.389. The summed E-state index contributed by atoms with van der Waals surface area (Å²) in [6.45, 7) is 8.07. The van der Waals surface area contributed by atoms with Crippen molar-refractivity contribution in [2.24, 2.45) is 0 Å². The van der Waals surface area contributed by atoms with Gasteiger partial charge in [0, 0.05) is 0 Å². The molecule has 2 rings (SSSR count). The summed E-state index contributed by atoms with van der Waals surface area (Å²) < 4.78 is 30.6. The summed E-state index contributed by atoms with van der Waals surface area (Å²) >= 11 is 0. The quantitative estimate of drug-likeness (QED) is 0.625. The highest BCUT2D eigenvalue weighted by atomic mass is 19.1. The van der Waals surface area contributed by atoms with E-state index in [0.717, 1.165) is 6.42 Å². The third-order valence-corrected chi connectivity index (χ3v) is 3.53. The number of alkyl halides is 1. The zero-order valence-corrected chi connectivity index (χ0v) is 9.80. The molecule has 15 heavy (non-hydrogen) atoms. The predicted molar refractivity (Wildman–Crippen MR) is 53.1 cm³/mol. The van der Waals surface area contributed by atoms with Gasteiger partial charge in [0.15, 0.2) is 6.17 Å². The first kappa shape index (κ1) is 11.3. The van der Waals surface area contributed by atoms with Crippen LogP contribution in [0, 0.1) is 0 Å². The Morgan fingerprint density at radius 3 is 2.07 bits per heavy atom. The van der Waals surface area contributed by atoms with Crippen LogP contribution in [0.25, 0.3) is 0 Å². The summed E-state index contributed by atoms with van der Waals surface area (Å²) in [6.07, 6.45) is -0.0462. The van der Waals surface area contributed by atoms with Crippen molar-refractivity contribution < 1.29 is 18.6 Å². The second-order valence-electron chi connectivity index (χ2n) is 5.29. The summed E-state index contributed by atoms with van der Waals surface area (Å²) in [5, 5.41) is 0. The van der Waals surface area contributed by atoms with E-state index in [1.807, 2.05) is 27.7 Å². The molecule has 0 saturated carbocycles. The number of hydrogen-bond acceptors (Lipinski definition) is 3. The molecule has 2 heterocycles. The first-order valence-electron chi connectivity index (χ1n) is 5.47. The van der Waals surface area contributed by atoms with Gasteiger partial charge in [-0.3, -0.25) is 0 Å². The largest absolute Gasteiger partial charge is 0.325 e. The van der Waals surface area contributed by atoms with Crippen molar-refractivity contribution in [1.82, 2.24) is 0 Å². The van der Waals surface area contributed by atoms with E-state index in [1.54, 1.807) is 0 Å². The Balaban J connectivity index is 2.26. The van der Waals surface area contributed by atoms with Crippen LogP contribution in [0.2, 0.25) is 0 Å². The second-order valence-corrected chi connectivity index (χ2v) is 5.29. The van der Waals surface area contributed by atoms with E-state index in [0.29, 0.717) is 13.0 Å². The standard InChI is InChI=1S/C11H19FO3/c1-9(2)10(3,4)15-11(14-9)8(12)6-5-7-13-11/h8H,5-7H2,1-4H3. The maximum atomic E-state index is 13.9. The molecule has 1 unspecified atom stereocenters. The Kier molecular flexibility index (Phi) is 2.38. The minimum absolute atomic E-state index is 0.437. The van der Waals surface area contributed by atoms with E-state index in [1.165, 1.54) is 0 Å². The van der Waals surface area contributed by atoms with Gasteiger partial charge in [-0.05, 0) is 40.5 Å². The van der Waals surface area contributed by atoms with Gasteiger partial charge in [-0.25, -0.2) is 4.39 Å². The molecular weight excluding hydrogens is 199 g/mol. The molecule has 88 valence electrons. The van der Waals surface area contributed by atoms with E-state index < -0.39 is 23.3 Å². The molecule has 0 radical (unpaired) electrons. The molecule has 2 fully saturated rings. The Morgan fingerprint density at radius 1 is 1.07 bits per heavy atom. The zero-order chi connectivity index (χ0) is 11.3. The molecular formula is C11H19FO3. The van der Waals surface area contributed by atoms with Crippen LogP contribution >= 0.6 is 0 Å². The first-order valence-corrected chi connectivity index (χ1v) is 5.47. The van der Waals surface area contributed by atoms with Crippen LogP contribution in [0.1, 0.15) is 40.5 Å². The molecule has 2 aliphatic rings. The van der Waals surface area contributed by atoms with Crippen LogP contribution in [0.4, 0.5) is 4.39 Å². The van der Waals surface area contributed by atoms with Crippen molar-refractivity contribution in [3.8, 4) is 0 Å². The minimum atomic E-state index is -1.47. The normalized spacial score (nSPS) is 37.0. The Hall–Kier alpha value is -0.190. The summed E-state index contributed by atoms with van der Waals surface area (Å²) in [5.41, 5.74) is -1.09. The fourth-order valence-electron chi connectivity index (χ4n) is 1.91. The maximum absolute atomic E-state index is 13.9. The second kappa shape index (κ2) is 3.15. The van der Waals surface area contributed by atoms with E-state index in [-0.39, 0.29) is 0 Å². The van der Waals surface area contributed by atoms with Crippen LogP contribution in [0.5, 0.6) is 0 Å². The first-order chi connectivity index (χ1) is 6.79. The van der Waals surface area contributed by atoms with Gasteiger partial charge in [-0.15, -0.1) is 0 Å². The van der Waals surface area contributed by atoms with Gasteiger partial charge >= 0.3 is 5.97 Å². The highest BCUT2D eigenvalue weighted by Gasteiger charge is 2.62. The molecule has 0 aliphatic carbocycles. The molecule has 0 bridgehead atoms. The summed E-state index contributed by atoms with van der Waals surface area (Å²) in [5.74, 6) is -1.47. The summed E-state index contributed by atoms with van der Waals surface area (Å²) in [6, 6.07) is 0. The molecule has 4 heteroatoms. The minimum Gasteiger partial charge on any atom is -0.325 e. The van der Waals surface area contributed by atoms with E-state index in [4.69, 9.17) is 14.2 Å². The van der Waals surface area contributed by atoms with Crippen molar-refractivity contribution in [2.45, 2.75) is 63.9 Å².